The lowest BCUT2D eigenvalue weighted by Gasteiger charge is -2.25. The van der Waals surface area contributed by atoms with Gasteiger partial charge in [-0.05, 0) is 42.3 Å². The zero-order valence-corrected chi connectivity index (χ0v) is 15.3. The van der Waals surface area contributed by atoms with E-state index >= 15 is 0 Å². The molecule has 1 aromatic heterocycles. The molecular formula is C21H21N3O3. The molecule has 1 unspecified atom stereocenters. The number of aromatic nitrogens is 1. The Morgan fingerprint density at radius 2 is 1.78 bits per heavy atom. The second kappa shape index (κ2) is 7.86. The summed E-state index contributed by atoms with van der Waals surface area (Å²) in [4.78, 5) is 24.8. The van der Waals surface area contributed by atoms with Gasteiger partial charge in [-0.25, -0.2) is 0 Å². The molecular weight excluding hydrogens is 342 g/mol. The van der Waals surface area contributed by atoms with Gasteiger partial charge in [0.05, 0.1) is 17.4 Å². The molecule has 0 saturated heterocycles. The molecule has 0 aliphatic heterocycles. The van der Waals surface area contributed by atoms with Crippen molar-refractivity contribution in [2.24, 2.45) is 0 Å². The Labute approximate surface area is 157 Å². The molecule has 1 amide bonds. The molecule has 1 heterocycles. The molecule has 3 rings (SSSR count). The molecule has 0 aliphatic rings. The van der Waals surface area contributed by atoms with Crippen LogP contribution in [0.3, 0.4) is 0 Å². The Morgan fingerprint density at radius 3 is 2.41 bits per heavy atom. The molecule has 27 heavy (non-hydrogen) atoms. The highest BCUT2D eigenvalue weighted by Crippen LogP contribution is 2.23. The number of carbonyl (C=O) groups is 1. The number of non-ortho nitro benzene ring substituents is 1. The molecule has 0 radical (unpaired) electrons. The van der Waals surface area contributed by atoms with Crippen molar-refractivity contribution in [3.05, 3.63) is 94.3 Å². The minimum Gasteiger partial charge on any atom is -0.339 e. The highest BCUT2D eigenvalue weighted by Gasteiger charge is 2.19. The van der Waals surface area contributed by atoms with Gasteiger partial charge in [-0.15, -0.1) is 0 Å². The van der Waals surface area contributed by atoms with Crippen molar-refractivity contribution < 1.29 is 9.72 Å². The number of hydrogen-bond donors (Lipinski definition) is 0. The summed E-state index contributed by atoms with van der Waals surface area (Å²) in [5.41, 5.74) is 2.73. The third kappa shape index (κ3) is 4.23. The average Bonchev–Trinajstić information content (AvgIpc) is 3.22. The number of rotatable bonds is 6. The first-order valence-corrected chi connectivity index (χ1v) is 8.68. The van der Waals surface area contributed by atoms with Crippen molar-refractivity contribution in [3.63, 3.8) is 0 Å². The molecule has 0 saturated carbocycles. The van der Waals surface area contributed by atoms with Crippen molar-refractivity contribution in [3.8, 4) is 5.69 Å². The van der Waals surface area contributed by atoms with Crippen LogP contribution in [0.4, 0.5) is 5.69 Å². The third-order valence-corrected chi connectivity index (χ3v) is 4.73. The first-order valence-electron chi connectivity index (χ1n) is 8.68. The molecule has 0 bridgehead atoms. The maximum Gasteiger partial charge on any atom is 0.269 e. The highest BCUT2D eigenvalue weighted by atomic mass is 16.6. The normalized spacial score (nSPS) is 11.8. The van der Waals surface area contributed by atoms with Crippen LogP contribution in [0.5, 0.6) is 0 Å². The van der Waals surface area contributed by atoms with Crippen LogP contribution in [0, 0.1) is 10.1 Å². The van der Waals surface area contributed by atoms with Gasteiger partial charge < -0.3 is 9.47 Å². The van der Waals surface area contributed by atoms with Gasteiger partial charge in [0, 0.05) is 37.3 Å². The predicted octanol–water partition coefficient (Wildman–Crippen LogP) is 4.15. The molecule has 2 aromatic carbocycles. The minimum atomic E-state index is -0.426. The van der Waals surface area contributed by atoms with Gasteiger partial charge in [-0.2, -0.15) is 0 Å². The maximum absolute atomic E-state index is 12.6. The number of amides is 1. The lowest BCUT2D eigenvalue weighted by atomic mass is 10.1. The number of nitro benzene ring substituents is 1. The fourth-order valence-corrected chi connectivity index (χ4v) is 2.93. The monoisotopic (exact) mass is 363 g/mol. The Morgan fingerprint density at radius 1 is 1.11 bits per heavy atom. The number of benzene rings is 2. The van der Waals surface area contributed by atoms with Crippen LogP contribution < -0.4 is 0 Å². The van der Waals surface area contributed by atoms with E-state index in [9.17, 15) is 14.9 Å². The molecule has 1 atom stereocenters. The molecule has 3 aromatic rings. The van der Waals surface area contributed by atoms with Crippen molar-refractivity contribution in [2.75, 3.05) is 7.05 Å². The summed E-state index contributed by atoms with van der Waals surface area (Å²) < 4.78 is 2.00. The Balaban J connectivity index is 1.68. The van der Waals surface area contributed by atoms with E-state index in [0.717, 1.165) is 16.8 Å². The summed E-state index contributed by atoms with van der Waals surface area (Å²) >= 11 is 0. The number of carbonyl (C=O) groups excluding carboxylic acids is 1. The Bertz CT molecular complexity index is 934. The lowest BCUT2D eigenvalue weighted by Crippen LogP contribution is -2.31. The Kier molecular flexibility index (Phi) is 5.35. The van der Waals surface area contributed by atoms with Crippen molar-refractivity contribution in [1.82, 2.24) is 9.47 Å². The van der Waals surface area contributed by atoms with Crippen LogP contribution in [0.2, 0.25) is 0 Å². The largest absolute Gasteiger partial charge is 0.339 e. The summed E-state index contributed by atoms with van der Waals surface area (Å²) in [7, 11) is 1.72. The van der Waals surface area contributed by atoms with Crippen molar-refractivity contribution in [2.45, 2.75) is 19.4 Å². The lowest BCUT2D eigenvalue weighted by molar-refractivity contribution is -0.384. The van der Waals surface area contributed by atoms with Crippen LogP contribution >= 0.6 is 0 Å². The fraction of sp³-hybridized carbons (Fsp3) is 0.190. The summed E-state index contributed by atoms with van der Waals surface area (Å²) in [6, 6.07) is 17.9. The minimum absolute atomic E-state index is 0.0285. The van der Waals surface area contributed by atoms with Gasteiger partial charge in [-0.1, -0.05) is 24.3 Å². The fourth-order valence-electron chi connectivity index (χ4n) is 2.93. The first kappa shape index (κ1) is 18.4. The van der Waals surface area contributed by atoms with Crippen molar-refractivity contribution in [1.29, 1.82) is 0 Å². The molecule has 0 fully saturated rings. The summed E-state index contributed by atoms with van der Waals surface area (Å²) in [5.74, 6) is -0.0391. The van der Waals surface area contributed by atoms with Gasteiger partial charge in [0.1, 0.15) is 0 Å². The van der Waals surface area contributed by atoms with E-state index < -0.39 is 4.92 Å². The highest BCUT2D eigenvalue weighted by molar-refractivity contribution is 5.79. The van der Waals surface area contributed by atoms with E-state index in [-0.39, 0.29) is 24.1 Å². The van der Waals surface area contributed by atoms with E-state index in [1.54, 1.807) is 24.1 Å². The first-order chi connectivity index (χ1) is 13.0. The molecule has 6 nitrogen and oxygen atoms in total. The van der Waals surface area contributed by atoms with Crippen LogP contribution in [-0.4, -0.2) is 27.3 Å². The molecule has 0 N–H and O–H groups in total. The van der Waals surface area contributed by atoms with Crippen LogP contribution in [-0.2, 0) is 11.2 Å². The number of likely N-dealkylation sites (N-methyl/N-ethyl adjacent to an activating group) is 1. The van der Waals surface area contributed by atoms with E-state index in [1.165, 1.54) is 12.1 Å². The van der Waals surface area contributed by atoms with E-state index in [4.69, 9.17) is 0 Å². The van der Waals surface area contributed by atoms with Gasteiger partial charge in [-0.3, -0.25) is 14.9 Å². The summed E-state index contributed by atoms with van der Waals surface area (Å²) in [6.45, 7) is 1.87. The van der Waals surface area contributed by atoms with Crippen LogP contribution in [0.15, 0.2) is 73.1 Å². The van der Waals surface area contributed by atoms with Gasteiger partial charge in [0.25, 0.3) is 5.69 Å². The maximum atomic E-state index is 12.6. The van der Waals surface area contributed by atoms with Crippen LogP contribution in [0.25, 0.3) is 5.69 Å². The predicted molar refractivity (Wildman–Crippen MR) is 104 cm³/mol. The molecule has 6 heteroatoms. The van der Waals surface area contributed by atoms with Gasteiger partial charge >= 0.3 is 0 Å². The zero-order chi connectivity index (χ0) is 19.4. The van der Waals surface area contributed by atoms with E-state index in [0.29, 0.717) is 0 Å². The number of hydrogen-bond acceptors (Lipinski definition) is 3. The van der Waals surface area contributed by atoms with E-state index in [2.05, 4.69) is 0 Å². The average molecular weight is 363 g/mol. The topological polar surface area (TPSA) is 68.4 Å². The van der Waals surface area contributed by atoms with Gasteiger partial charge in [0.2, 0.25) is 5.91 Å². The SMILES string of the molecule is CC(c1cccc([N+](=O)[O-])c1)N(C)C(=O)Cc1ccc(-n2cccc2)cc1. The smallest absolute Gasteiger partial charge is 0.269 e. The number of nitro groups is 1. The second-order valence-corrected chi connectivity index (χ2v) is 6.47. The standard InChI is InChI=1S/C21H21N3O3/c1-16(18-6-5-7-20(15-18)24(26)27)22(2)21(25)14-17-8-10-19(11-9-17)23-12-3-4-13-23/h3-13,15-16H,14H2,1-2H3. The molecule has 0 spiro atoms. The second-order valence-electron chi connectivity index (χ2n) is 6.47. The van der Waals surface area contributed by atoms with Crippen LogP contribution in [0.1, 0.15) is 24.1 Å². The van der Waals surface area contributed by atoms with Gasteiger partial charge in [0.15, 0.2) is 0 Å². The molecule has 0 aliphatic carbocycles. The third-order valence-electron chi connectivity index (χ3n) is 4.73. The quantitative estimate of drug-likeness (QED) is 0.488. The van der Waals surface area contributed by atoms with Crippen molar-refractivity contribution >= 4 is 11.6 Å². The summed E-state index contributed by atoms with van der Waals surface area (Å²) in [6.07, 6.45) is 4.21. The number of nitrogens with zero attached hydrogens (tertiary/aromatic N) is 3. The molecule has 138 valence electrons. The summed E-state index contributed by atoms with van der Waals surface area (Å²) in [5, 5.41) is 11.0. The zero-order valence-electron chi connectivity index (χ0n) is 15.3. The Hall–Kier alpha value is -3.41. The van der Waals surface area contributed by atoms with E-state index in [1.807, 2.05) is 60.3 Å².